The minimum atomic E-state index is -0.494. The van der Waals surface area contributed by atoms with Crippen molar-refractivity contribution in [3.63, 3.8) is 0 Å². The summed E-state index contributed by atoms with van der Waals surface area (Å²) in [7, 11) is 0. The average molecular weight is 311 g/mol. The Morgan fingerprint density at radius 3 is 2.76 bits per heavy atom. The molecule has 1 aromatic rings. The van der Waals surface area contributed by atoms with E-state index in [1.165, 1.54) is 12.1 Å². The molecular weight excluding hydrogens is 292 g/mol. The molecule has 6 heteroatoms. The monoisotopic (exact) mass is 310 g/mol. The Labute approximate surface area is 128 Å². The molecule has 0 spiro atoms. The molecule has 1 aromatic carbocycles. The van der Waals surface area contributed by atoms with Gasteiger partial charge in [-0.05, 0) is 25.3 Å². The Kier molecular flexibility index (Phi) is 5.17. The van der Waals surface area contributed by atoms with E-state index in [1.54, 1.807) is 13.0 Å². The minimum Gasteiger partial charge on any atom is -0.348 e. The standard InChI is InChI=1S/C15H19ClN2O3/c1-10-7-8-11(18(20)21)9-12(10)15(19)17-14-6-4-2-3-5-13(14)16/h7-9,13-14H,2-6H2,1H3,(H,17,19). The van der Waals surface area contributed by atoms with Crippen LogP contribution in [0, 0.1) is 17.0 Å². The topological polar surface area (TPSA) is 72.2 Å². The summed E-state index contributed by atoms with van der Waals surface area (Å²) in [6.45, 7) is 1.77. The summed E-state index contributed by atoms with van der Waals surface area (Å²) in [5.41, 5.74) is 0.990. The van der Waals surface area contributed by atoms with Gasteiger partial charge >= 0.3 is 0 Å². The first-order valence-corrected chi connectivity index (χ1v) is 7.62. The number of rotatable bonds is 3. The van der Waals surface area contributed by atoms with Crippen molar-refractivity contribution in [2.24, 2.45) is 0 Å². The SMILES string of the molecule is Cc1ccc([N+](=O)[O-])cc1C(=O)NC1CCCCCC1Cl. The van der Waals surface area contributed by atoms with Gasteiger partial charge < -0.3 is 5.32 Å². The highest BCUT2D eigenvalue weighted by atomic mass is 35.5. The Bertz CT molecular complexity index is 548. The van der Waals surface area contributed by atoms with Gasteiger partial charge in [0.05, 0.1) is 10.3 Å². The van der Waals surface area contributed by atoms with E-state index in [0.29, 0.717) is 5.56 Å². The smallest absolute Gasteiger partial charge is 0.270 e. The number of carbonyl (C=O) groups is 1. The lowest BCUT2D eigenvalue weighted by molar-refractivity contribution is -0.384. The van der Waals surface area contributed by atoms with E-state index in [0.717, 1.165) is 37.7 Å². The lowest BCUT2D eigenvalue weighted by atomic mass is 10.0. The van der Waals surface area contributed by atoms with Crippen molar-refractivity contribution in [3.8, 4) is 0 Å². The maximum atomic E-state index is 12.4. The molecule has 0 bridgehead atoms. The predicted molar refractivity (Wildman–Crippen MR) is 81.8 cm³/mol. The lowest BCUT2D eigenvalue weighted by Crippen LogP contribution is -2.40. The number of alkyl halides is 1. The predicted octanol–water partition coefficient (Wildman–Crippen LogP) is 3.57. The fraction of sp³-hybridized carbons (Fsp3) is 0.533. The van der Waals surface area contributed by atoms with Crippen LogP contribution in [0.3, 0.4) is 0 Å². The van der Waals surface area contributed by atoms with Gasteiger partial charge in [0.1, 0.15) is 0 Å². The zero-order valence-corrected chi connectivity index (χ0v) is 12.7. The Hall–Kier alpha value is -1.62. The third-order valence-electron chi connectivity index (χ3n) is 3.92. The first kappa shape index (κ1) is 15.8. The number of hydrogen-bond donors (Lipinski definition) is 1. The summed E-state index contributed by atoms with van der Waals surface area (Å²) in [6.07, 6.45) is 5.00. The first-order chi connectivity index (χ1) is 9.99. The van der Waals surface area contributed by atoms with Crippen molar-refractivity contribution in [3.05, 3.63) is 39.4 Å². The van der Waals surface area contributed by atoms with Crippen molar-refractivity contribution in [1.29, 1.82) is 0 Å². The maximum Gasteiger partial charge on any atom is 0.270 e. The fourth-order valence-electron chi connectivity index (χ4n) is 2.64. The largest absolute Gasteiger partial charge is 0.348 e. The molecule has 0 radical (unpaired) electrons. The van der Waals surface area contributed by atoms with E-state index < -0.39 is 4.92 Å². The van der Waals surface area contributed by atoms with Crippen LogP contribution in [0.4, 0.5) is 5.69 Å². The third kappa shape index (κ3) is 3.94. The van der Waals surface area contributed by atoms with Gasteiger partial charge in [0.25, 0.3) is 11.6 Å². The van der Waals surface area contributed by atoms with Crippen LogP contribution in [-0.4, -0.2) is 22.2 Å². The second-order valence-corrected chi connectivity index (χ2v) is 6.05. The maximum absolute atomic E-state index is 12.4. The molecule has 0 aliphatic heterocycles. The number of halogens is 1. The van der Waals surface area contributed by atoms with Crippen LogP contribution in [0.25, 0.3) is 0 Å². The molecule has 114 valence electrons. The summed E-state index contributed by atoms with van der Waals surface area (Å²) >= 11 is 6.32. The molecule has 1 amide bonds. The third-order valence-corrected chi connectivity index (χ3v) is 4.45. The molecule has 1 saturated carbocycles. The minimum absolute atomic E-state index is 0.0691. The van der Waals surface area contributed by atoms with Gasteiger partial charge in [-0.25, -0.2) is 0 Å². The van der Waals surface area contributed by atoms with E-state index >= 15 is 0 Å². The summed E-state index contributed by atoms with van der Waals surface area (Å²) in [5, 5.41) is 13.7. The van der Waals surface area contributed by atoms with E-state index in [1.807, 2.05) is 0 Å². The number of hydrogen-bond acceptors (Lipinski definition) is 3. The zero-order valence-electron chi connectivity index (χ0n) is 12.0. The number of nitro benzene ring substituents is 1. The van der Waals surface area contributed by atoms with E-state index in [2.05, 4.69) is 5.32 Å². The van der Waals surface area contributed by atoms with Crippen molar-refractivity contribution < 1.29 is 9.72 Å². The average Bonchev–Trinajstić information content (AvgIpc) is 2.64. The van der Waals surface area contributed by atoms with E-state index in [9.17, 15) is 14.9 Å². The second kappa shape index (κ2) is 6.89. The Balaban J connectivity index is 2.15. The van der Waals surface area contributed by atoms with Crippen LogP contribution in [-0.2, 0) is 0 Å². The molecule has 1 fully saturated rings. The zero-order chi connectivity index (χ0) is 15.4. The molecule has 1 aliphatic rings. The summed E-state index contributed by atoms with van der Waals surface area (Å²) in [6, 6.07) is 4.26. The highest BCUT2D eigenvalue weighted by molar-refractivity contribution is 6.21. The first-order valence-electron chi connectivity index (χ1n) is 7.19. The number of carbonyl (C=O) groups excluding carboxylic acids is 1. The molecule has 2 rings (SSSR count). The number of aryl methyl sites for hydroxylation is 1. The van der Waals surface area contributed by atoms with E-state index in [-0.39, 0.29) is 23.0 Å². The number of nitrogens with one attached hydrogen (secondary N) is 1. The van der Waals surface area contributed by atoms with Gasteiger partial charge in [-0.15, -0.1) is 11.6 Å². The van der Waals surface area contributed by atoms with Crippen molar-refractivity contribution >= 4 is 23.2 Å². The van der Waals surface area contributed by atoms with Gasteiger partial charge in [-0.3, -0.25) is 14.9 Å². The van der Waals surface area contributed by atoms with Gasteiger partial charge in [-0.1, -0.05) is 25.3 Å². The highest BCUT2D eigenvalue weighted by Gasteiger charge is 2.24. The van der Waals surface area contributed by atoms with Crippen molar-refractivity contribution in [2.75, 3.05) is 0 Å². The second-order valence-electron chi connectivity index (χ2n) is 5.49. The number of nitro groups is 1. The Morgan fingerprint density at radius 1 is 1.33 bits per heavy atom. The molecule has 1 N–H and O–H groups in total. The normalized spacial score (nSPS) is 22.4. The number of nitrogens with zero attached hydrogens (tertiary/aromatic N) is 1. The van der Waals surface area contributed by atoms with Crippen molar-refractivity contribution in [1.82, 2.24) is 5.32 Å². The van der Waals surface area contributed by atoms with Crippen LogP contribution >= 0.6 is 11.6 Å². The molecule has 21 heavy (non-hydrogen) atoms. The number of amides is 1. The van der Waals surface area contributed by atoms with Crippen LogP contribution in [0.5, 0.6) is 0 Å². The molecule has 2 atom stereocenters. The molecule has 0 saturated heterocycles. The van der Waals surface area contributed by atoms with Crippen LogP contribution < -0.4 is 5.32 Å². The fourth-order valence-corrected chi connectivity index (χ4v) is 2.98. The molecule has 0 aromatic heterocycles. The molecule has 2 unspecified atom stereocenters. The Morgan fingerprint density at radius 2 is 2.05 bits per heavy atom. The summed E-state index contributed by atoms with van der Waals surface area (Å²) in [4.78, 5) is 22.7. The van der Waals surface area contributed by atoms with E-state index in [4.69, 9.17) is 11.6 Å². The van der Waals surface area contributed by atoms with Gasteiger partial charge in [-0.2, -0.15) is 0 Å². The van der Waals surface area contributed by atoms with Crippen LogP contribution in [0.1, 0.15) is 48.0 Å². The highest BCUT2D eigenvalue weighted by Crippen LogP contribution is 2.23. The lowest BCUT2D eigenvalue weighted by Gasteiger charge is -2.21. The number of non-ortho nitro benzene ring substituents is 1. The molecular formula is C15H19ClN2O3. The molecule has 1 aliphatic carbocycles. The number of benzene rings is 1. The van der Waals surface area contributed by atoms with Crippen LogP contribution in [0.15, 0.2) is 18.2 Å². The molecule has 5 nitrogen and oxygen atoms in total. The molecule has 0 heterocycles. The van der Waals surface area contributed by atoms with Gasteiger partial charge in [0.2, 0.25) is 0 Å². The van der Waals surface area contributed by atoms with Gasteiger partial charge in [0.15, 0.2) is 0 Å². The van der Waals surface area contributed by atoms with Gasteiger partial charge in [0, 0.05) is 23.7 Å². The van der Waals surface area contributed by atoms with Crippen LogP contribution in [0.2, 0.25) is 0 Å². The quantitative estimate of drug-likeness (QED) is 0.401. The summed E-state index contributed by atoms with van der Waals surface area (Å²) < 4.78 is 0. The van der Waals surface area contributed by atoms with Crippen molar-refractivity contribution in [2.45, 2.75) is 50.4 Å². The summed E-state index contributed by atoms with van der Waals surface area (Å²) in [5.74, 6) is -0.284.